The molecule has 2 atom stereocenters. The molecule has 2 aromatic rings. The molecule has 0 radical (unpaired) electrons. The molecule has 1 N–H and O–H groups in total. The first-order valence-corrected chi connectivity index (χ1v) is 6.62. The van der Waals surface area contributed by atoms with Gasteiger partial charge in [0.05, 0.1) is 17.3 Å². The second kappa shape index (κ2) is 4.44. The minimum Gasteiger partial charge on any atom is -0.481 e. The van der Waals surface area contributed by atoms with Gasteiger partial charge in [-0.15, -0.1) is 0 Å². The standard InChI is InChI=1S/C15H16N2O3/c1-15(2,9-6-4-3-5-7-9)14-16-12(20-17-14)10-8-11(10)13(18)19/h3-7,10-11H,8H2,1-2H3,(H,18,19). The Bertz CT molecular complexity index is 634. The summed E-state index contributed by atoms with van der Waals surface area (Å²) in [5.41, 5.74) is 0.731. The Morgan fingerprint density at radius 1 is 1.35 bits per heavy atom. The molecular weight excluding hydrogens is 256 g/mol. The highest BCUT2D eigenvalue weighted by molar-refractivity contribution is 5.74. The van der Waals surface area contributed by atoms with Crippen molar-refractivity contribution in [2.24, 2.45) is 5.92 Å². The molecule has 0 aliphatic heterocycles. The molecule has 5 heteroatoms. The van der Waals surface area contributed by atoms with E-state index >= 15 is 0 Å². The quantitative estimate of drug-likeness (QED) is 0.925. The van der Waals surface area contributed by atoms with E-state index in [2.05, 4.69) is 10.1 Å². The molecule has 0 amide bonds. The summed E-state index contributed by atoms with van der Waals surface area (Å²) < 4.78 is 5.25. The number of rotatable bonds is 4. The number of benzene rings is 1. The van der Waals surface area contributed by atoms with Crippen LogP contribution in [0.3, 0.4) is 0 Å². The van der Waals surface area contributed by atoms with E-state index in [1.54, 1.807) is 0 Å². The van der Waals surface area contributed by atoms with Crippen molar-refractivity contribution in [3.8, 4) is 0 Å². The van der Waals surface area contributed by atoms with E-state index in [9.17, 15) is 4.79 Å². The van der Waals surface area contributed by atoms with Crippen LogP contribution >= 0.6 is 0 Å². The molecule has 0 saturated heterocycles. The van der Waals surface area contributed by atoms with Crippen molar-refractivity contribution < 1.29 is 14.4 Å². The maximum atomic E-state index is 10.9. The van der Waals surface area contributed by atoms with Gasteiger partial charge in [0.2, 0.25) is 5.89 Å². The molecule has 1 fully saturated rings. The second-order valence-electron chi connectivity index (χ2n) is 5.73. The van der Waals surface area contributed by atoms with Crippen molar-refractivity contribution in [3.05, 3.63) is 47.6 Å². The third-order valence-electron chi connectivity index (χ3n) is 3.92. The molecule has 1 aromatic heterocycles. The zero-order valence-electron chi connectivity index (χ0n) is 11.4. The van der Waals surface area contributed by atoms with Crippen LogP contribution in [0.4, 0.5) is 0 Å². The fourth-order valence-electron chi connectivity index (χ4n) is 2.36. The lowest BCUT2D eigenvalue weighted by atomic mass is 9.84. The third-order valence-corrected chi connectivity index (χ3v) is 3.92. The fraction of sp³-hybridized carbons (Fsp3) is 0.400. The number of carbonyl (C=O) groups is 1. The van der Waals surface area contributed by atoms with Crippen LogP contribution in [-0.4, -0.2) is 21.2 Å². The first kappa shape index (κ1) is 12.8. The summed E-state index contributed by atoms with van der Waals surface area (Å²) in [6.45, 7) is 4.05. The summed E-state index contributed by atoms with van der Waals surface area (Å²) in [5, 5.41) is 13.0. The monoisotopic (exact) mass is 272 g/mol. The molecule has 1 aliphatic carbocycles. The summed E-state index contributed by atoms with van der Waals surface area (Å²) in [4.78, 5) is 15.3. The van der Waals surface area contributed by atoms with Crippen molar-refractivity contribution in [1.82, 2.24) is 10.1 Å². The summed E-state index contributed by atoms with van der Waals surface area (Å²) >= 11 is 0. The van der Waals surface area contributed by atoms with Gasteiger partial charge in [0, 0.05) is 0 Å². The zero-order valence-corrected chi connectivity index (χ0v) is 11.4. The Balaban J connectivity index is 1.85. The van der Waals surface area contributed by atoms with Gasteiger partial charge in [0.25, 0.3) is 0 Å². The molecule has 5 nitrogen and oxygen atoms in total. The lowest BCUT2D eigenvalue weighted by Gasteiger charge is -2.20. The Morgan fingerprint density at radius 3 is 2.65 bits per heavy atom. The van der Waals surface area contributed by atoms with E-state index in [4.69, 9.17) is 9.63 Å². The van der Waals surface area contributed by atoms with Crippen LogP contribution in [0.15, 0.2) is 34.9 Å². The van der Waals surface area contributed by atoms with Crippen molar-refractivity contribution in [1.29, 1.82) is 0 Å². The molecule has 1 aliphatic rings. The van der Waals surface area contributed by atoms with Crippen molar-refractivity contribution in [3.63, 3.8) is 0 Å². The van der Waals surface area contributed by atoms with Crippen LogP contribution in [0.5, 0.6) is 0 Å². The molecule has 0 bridgehead atoms. The van der Waals surface area contributed by atoms with Crippen LogP contribution in [0.25, 0.3) is 0 Å². The van der Waals surface area contributed by atoms with Crippen LogP contribution in [0.2, 0.25) is 0 Å². The molecule has 0 spiro atoms. The average Bonchev–Trinajstić information content (AvgIpc) is 3.09. The van der Waals surface area contributed by atoms with E-state index in [0.29, 0.717) is 18.1 Å². The van der Waals surface area contributed by atoms with E-state index in [-0.39, 0.29) is 17.3 Å². The normalized spacial score (nSPS) is 21.7. The lowest BCUT2D eigenvalue weighted by Crippen LogP contribution is -2.20. The van der Waals surface area contributed by atoms with Gasteiger partial charge in [-0.3, -0.25) is 4.79 Å². The zero-order chi connectivity index (χ0) is 14.3. The highest BCUT2D eigenvalue weighted by atomic mass is 16.5. The minimum absolute atomic E-state index is 0.125. The van der Waals surface area contributed by atoms with Gasteiger partial charge in [-0.1, -0.05) is 35.5 Å². The van der Waals surface area contributed by atoms with E-state index < -0.39 is 5.97 Å². The first-order chi connectivity index (χ1) is 9.50. The second-order valence-corrected chi connectivity index (χ2v) is 5.73. The Hall–Kier alpha value is -2.17. The SMILES string of the molecule is CC(C)(c1ccccc1)c1noc(C2CC2C(=O)O)n1. The Morgan fingerprint density at radius 2 is 2.05 bits per heavy atom. The molecule has 1 heterocycles. The van der Waals surface area contributed by atoms with E-state index in [0.717, 1.165) is 5.56 Å². The van der Waals surface area contributed by atoms with Crippen molar-refractivity contribution >= 4 is 5.97 Å². The van der Waals surface area contributed by atoms with Crippen LogP contribution in [-0.2, 0) is 10.2 Å². The van der Waals surface area contributed by atoms with Gasteiger partial charge in [-0.25, -0.2) is 0 Å². The minimum atomic E-state index is -0.794. The average molecular weight is 272 g/mol. The third kappa shape index (κ3) is 2.09. The number of hydrogen-bond donors (Lipinski definition) is 1. The largest absolute Gasteiger partial charge is 0.481 e. The number of carboxylic acids is 1. The maximum absolute atomic E-state index is 10.9. The van der Waals surface area contributed by atoms with E-state index in [1.807, 2.05) is 44.2 Å². The highest BCUT2D eigenvalue weighted by Gasteiger charge is 2.48. The Labute approximate surface area is 116 Å². The maximum Gasteiger partial charge on any atom is 0.307 e. The topological polar surface area (TPSA) is 76.2 Å². The summed E-state index contributed by atoms with van der Waals surface area (Å²) in [6, 6.07) is 9.95. The molecular formula is C15H16N2O3. The number of aliphatic carboxylic acids is 1. The van der Waals surface area contributed by atoms with Crippen molar-refractivity contribution in [2.45, 2.75) is 31.6 Å². The molecule has 104 valence electrons. The van der Waals surface area contributed by atoms with E-state index in [1.165, 1.54) is 0 Å². The highest BCUT2D eigenvalue weighted by Crippen LogP contribution is 2.47. The van der Waals surface area contributed by atoms with Gasteiger partial charge in [-0.2, -0.15) is 4.98 Å². The number of nitrogens with zero attached hydrogens (tertiary/aromatic N) is 2. The van der Waals surface area contributed by atoms with Crippen LogP contribution in [0.1, 0.15) is 43.5 Å². The van der Waals surface area contributed by atoms with Gasteiger partial charge >= 0.3 is 5.97 Å². The summed E-state index contributed by atoms with van der Waals surface area (Å²) in [6.07, 6.45) is 0.586. The Kier molecular flexibility index (Phi) is 2.85. The van der Waals surface area contributed by atoms with Gasteiger partial charge < -0.3 is 9.63 Å². The summed E-state index contributed by atoms with van der Waals surface area (Å²) in [5.74, 6) is -0.258. The van der Waals surface area contributed by atoms with Gasteiger partial charge in [0.1, 0.15) is 0 Å². The van der Waals surface area contributed by atoms with Gasteiger partial charge in [-0.05, 0) is 25.8 Å². The first-order valence-electron chi connectivity index (χ1n) is 6.62. The molecule has 1 aromatic carbocycles. The van der Waals surface area contributed by atoms with Crippen LogP contribution in [0, 0.1) is 5.92 Å². The number of hydrogen-bond acceptors (Lipinski definition) is 4. The molecule has 2 unspecified atom stereocenters. The lowest BCUT2D eigenvalue weighted by molar-refractivity contribution is -0.138. The molecule has 20 heavy (non-hydrogen) atoms. The van der Waals surface area contributed by atoms with Gasteiger partial charge in [0.15, 0.2) is 5.82 Å². The number of carboxylic acid groups (broad SMARTS) is 1. The fourth-order valence-corrected chi connectivity index (χ4v) is 2.36. The van der Waals surface area contributed by atoms with Crippen molar-refractivity contribution in [2.75, 3.05) is 0 Å². The molecule has 1 saturated carbocycles. The predicted octanol–water partition coefficient (Wildman–Crippen LogP) is 2.58. The predicted molar refractivity (Wildman–Crippen MR) is 71.4 cm³/mol. The summed E-state index contributed by atoms with van der Waals surface area (Å²) in [7, 11) is 0. The smallest absolute Gasteiger partial charge is 0.307 e. The number of aromatic nitrogens is 2. The molecule has 3 rings (SSSR count). The van der Waals surface area contributed by atoms with Crippen LogP contribution < -0.4 is 0 Å².